The van der Waals surface area contributed by atoms with Crippen LogP contribution in [0, 0.1) is 10.1 Å². The van der Waals surface area contributed by atoms with Crippen LogP contribution >= 0.6 is 0 Å². The second kappa shape index (κ2) is 5.72. The van der Waals surface area contributed by atoms with Gasteiger partial charge in [-0.2, -0.15) is 13.2 Å². The van der Waals surface area contributed by atoms with Crippen LogP contribution in [0.15, 0.2) is 12.1 Å². The molecule has 1 aromatic heterocycles. The van der Waals surface area contributed by atoms with Crippen molar-refractivity contribution in [3.05, 3.63) is 22.2 Å². The highest BCUT2D eigenvalue weighted by Gasteiger charge is 2.32. The van der Waals surface area contributed by atoms with Crippen LogP contribution in [0.1, 0.15) is 6.92 Å². The lowest BCUT2D eigenvalue weighted by atomic mass is 10.3. The first-order valence-electron chi connectivity index (χ1n) is 5.41. The maximum absolute atomic E-state index is 12.3. The van der Waals surface area contributed by atoms with Crippen LogP contribution in [0.25, 0.3) is 0 Å². The van der Waals surface area contributed by atoms with Gasteiger partial charge in [0, 0.05) is 19.7 Å². The summed E-state index contributed by atoms with van der Waals surface area (Å²) in [6, 6.07) is 2.49. The van der Waals surface area contributed by atoms with Crippen LogP contribution < -0.4 is 10.2 Å². The molecule has 0 fully saturated rings. The lowest BCUT2D eigenvalue weighted by Gasteiger charge is -2.20. The van der Waals surface area contributed by atoms with Gasteiger partial charge in [0.1, 0.15) is 12.4 Å². The number of nitrogens with one attached hydrogen (secondary N) is 1. The smallest absolute Gasteiger partial charge is 0.370 e. The van der Waals surface area contributed by atoms with Crippen molar-refractivity contribution < 1.29 is 18.1 Å². The standard InChI is InChI=1S/C10H13F3N4O2/c1-3-14-8-5-4-7(17(18)19)9(15-8)16(2)6-10(11,12)13/h4-5H,3,6H2,1-2H3,(H,14,15). The zero-order valence-electron chi connectivity index (χ0n) is 10.4. The highest BCUT2D eigenvalue weighted by molar-refractivity contribution is 5.61. The van der Waals surface area contributed by atoms with Gasteiger partial charge in [-0.15, -0.1) is 0 Å². The molecule has 0 aliphatic heterocycles. The quantitative estimate of drug-likeness (QED) is 0.661. The van der Waals surface area contributed by atoms with E-state index in [0.29, 0.717) is 11.4 Å². The Labute approximate surface area is 107 Å². The minimum Gasteiger partial charge on any atom is -0.370 e. The number of hydrogen-bond donors (Lipinski definition) is 1. The molecule has 0 saturated carbocycles. The zero-order valence-corrected chi connectivity index (χ0v) is 10.4. The molecule has 0 radical (unpaired) electrons. The van der Waals surface area contributed by atoms with Crippen LogP contribution in [-0.4, -0.2) is 36.2 Å². The van der Waals surface area contributed by atoms with Crippen molar-refractivity contribution in [2.75, 3.05) is 30.4 Å². The highest BCUT2D eigenvalue weighted by Crippen LogP contribution is 2.29. The predicted octanol–water partition coefficient (Wildman–Crippen LogP) is 2.42. The fraction of sp³-hybridized carbons (Fsp3) is 0.500. The van der Waals surface area contributed by atoms with Gasteiger partial charge in [0.15, 0.2) is 0 Å². The molecule has 1 aromatic rings. The van der Waals surface area contributed by atoms with E-state index in [1.54, 1.807) is 6.92 Å². The summed E-state index contributed by atoms with van der Waals surface area (Å²) in [5.74, 6) is -0.0297. The molecule has 0 saturated heterocycles. The monoisotopic (exact) mass is 278 g/mol. The molecule has 0 atom stereocenters. The first kappa shape index (κ1) is 15.0. The minimum atomic E-state index is -4.46. The largest absolute Gasteiger partial charge is 0.405 e. The number of aromatic nitrogens is 1. The Morgan fingerprint density at radius 1 is 1.47 bits per heavy atom. The van der Waals surface area contributed by atoms with Gasteiger partial charge in [-0.05, 0) is 13.0 Å². The maximum atomic E-state index is 12.3. The Bertz CT molecular complexity index is 465. The van der Waals surface area contributed by atoms with Crippen LogP contribution in [0.5, 0.6) is 0 Å². The first-order chi connectivity index (χ1) is 8.74. The van der Waals surface area contributed by atoms with E-state index in [0.717, 1.165) is 13.1 Å². The molecule has 0 bridgehead atoms. The Hall–Kier alpha value is -2.06. The summed E-state index contributed by atoms with van der Waals surface area (Å²) in [7, 11) is 1.11. The molecule has 0 unspecified atom stereocenters. The SMILES string of the molecule is CCNc1ccc([N+](=O)[O-])c(N(C)CC(F)(F)F)n1. The maximum Gasteiger partial charge on any atom is 0.405 e. The minimum absolute atomic E-state index is 0.289. The molecule has 0 amide bonds. The lowest BCUT2D eigenvalue weighted by Crippen LogP contribution is -2.32. The summed E-state index contributed by atoms with van der Waals surface area (Å²) >= 11 is 0. The average Bonchev–Trinajstić information content (AvgIpc) is 2.26. The van der Waals surface area contributed by atoms with Crippen molar-refractivity contribution in [1.82, 2.24) is 4.98 Å². The predicted molar refractivity (Wildman–Crippen MR) is 64.4 cm³/mol. The van der Waals surface area contributed by atoms with Crippen molar-refractivity contribution >= 4 is 17.3 Å². The van der Waals surface area contributed by atoms with Crippen molar-refractivity contribution in [3.8, 4) is 0 Å². The van der Waals surface area contributed by atoms with Gasteiger partial charge in [0.05, 0.1) is 4.92 Å². The number of nitrogens with zero attached hydrogens (tertiary/aromatic N) is 3. The molecule has 0 aliphatic rings. The van der Waals surface area contributed by atoms with Crippen molar-refractivity contribution in [2.45, 2.75) is 13.1 Å². The Kier molecular flexibility index (Phi) is 4.52. The van der Waals surface area contributed by atoms with Crippen molar-refractivity contribution in [1.29, 1.82) is 0 Å². The number of halogens is 3. The molecule has 1 rings (SSSR count). The van der Waals surface area contributed by atoms with E-state index in [-0.39, 0.29) is 11.6 Å². The van der Waals surface area contributed by atoms with E-state index in [1.165, 1.54) is 6.07 Å². The highest BCUT2D eigenvalue weighted by atomic mass is 19.4. The molecule has 106 valence electrons. The van der Waals surface area contributed by atoms with E-state index >= 15 is 0 Å². The van der Waals surface area contributed by atoms with E-state index < -0.39 is 23.3 Å². The van der Waals surface area contributed by atoms with Gasteiger partial charge < -0.3 is 10.2 Å². The van der Waals surface area contributed by atoms with Crippen molar-refractivity contribution in [3.63, 3.8) is 0 Å². The topological polar surface area (TPSA) is 71.3 Å². The van der Waals surface area contributed by atoms with Crippen LogP contribution in [-0.2, 0) is 0 Å². The van der Waals surface area contributed by atoms with Gasteiger partial charge >= 0.3 is 11.9 Å². The molecule has 1 N–H and O–H groups in total. The second-order valence-electron chi connectivity index (χ2n) is 3.80. The third-order valence-corrected chi connectivity index (χ3v) is 2.19. The Morgan fingerprint density at radius 2 is 2.11 bits per heavy atom. The normalized spacial score (nSPS) is 11.2. The summed E-state index contributed by atoms with van der Waals surface area (Å²) < 4.78 is 37.0. The van der Waals surface area contributed by atoms with Crippen molar-refractivity contribution in [2.24, 2.45) is 0 Å². The van der Waals surface area contributed by atoms with E-state index in [9.17, 15) is 23.3 Å². The third-order valence-electron chi connectivity index (χ3n) is 2.19. The van der Waals surface area contributed by atoms with Gasteiger partial charge in [-0.25, -0.2) is 4.98 Å². The number of hydrogen-bond acceptors (Lipinski definition) is 5. The van der Waals surface area contributed by atoms with Gasteiger partial charge in [0.25, 0.3) is 0 Å². The Balaban J connectivity index is 3.13. The molecule has 19 heavy (non-hydrogen) atoms. The van der Waals surface area contributed by atoms with Crippen LogP contribution in [0.4, 0.5) is 30.5 Å². The molecule has 0 aromatic carbocycles. The second-order valence-corrected chi connectivity index (χ2v) is 3.80. The first-order valence-corrected chi connectivity index (χ1v) is 5.41. The molecular weight excluding hydrogens is 265 g/mol. The fourth-order valence-electron chi connectivity index (χ4n) is 1.49. The zero-order chi connectivity index (χ0) is 14.6. The van der Waals surface area contributed by atoms with Gasteiger partial charge in [-0.1, -0.05) is 0 Å². The number of rotatable bonds is 5. The van der Waals surface area contributed by atoms with Gasteiger partial charge in [-0.3, -0.25) is 10.1 Å². The molecule has 0 aliphatic carbocycles. The summed E-state index contributed by atoms with van der Waals surface area (Å²) in [4.78, 5) is 14.6. The third kappa shape index (κ3) is 4.27. The Morgan fingerprint density at radius 3 is 2.58 bits per heavy atom. The lowest BCUT2D eigenvalue weighted by molar-refractivity contribution is -0.384. The van der Waals surface area contributed by atoms with E-state index in [2.05, 4.69) is 10.3 Å². The van der Waals surface area contributed by atoms with Crippen LogP contribution in [0.2, 0.25) is 0 Å². The summed E-state index contributed by atoms with van der Waals surface area (Å²) in [5, 5.41) is 13.6. The molecule has 6 nitrogen and oxygen atoms in total. The molecule has 1 heterocycles. The molecular formula is C10H13F3N4O2. The number of nitro groups is 1. The molecule has 0 spiro atoms. The number of anilines is 2. The summed E-state index contributed by atoms with van der Waals surface area (Å²) in [6.07, 6.45) is -4.46. The van der Waals surface area contributed by atoms with Gasteiger partial charge in [0.2, 0.25) is 5.82 Å². The number of alkyl halides is 3. The average molecular weight is 278 g/mol. The number of pyridine rings is 1. The van der Waals surface area contributed by atoms with E-state index in [4.69, 9.17) is 0 Å². The summed E-state index contributed by atoms with van der Waals surface area (Å²) in [6.45, 7) is 0.978. The van der Waals surface area contributed by atoms with Crippen LogP contribution in [0.3, 0.4) is 0 Å². The summed E-state index contributed by atoms with van der Waals surface area (Å²) in [5.41, 5.74) is -0.464. The fourth-order valence-corrected chi connectivity index (χ4v) is 1.49. The molecule has 9 heteroatoms. The van der Waals surface area contributed by atoms with E-state index in [1.807, 2.05) is 0 Å².